The van der Waals surface area contributed by atoms with Gasteiger partial charge in [0.15, 0.2) is 0 Å². The van der Waals surface area contributed by atoms with E-state index < -0.39 is 5.72 Å². The smallest absolute Gasteiger partial charge is 0.113 e. The van der Waals surface area contributed by atoms with Gasteiger partial charge in [-0.3, -0.25) is 0 Å². The highest BCUT2D eigenvalue weighted by molar-refractivity contribution is 4.66. The van der Waals surface area contributed by atoms with Crippen molar-refractivity contribution in [3.8, 4) is 0 Å². The maximum absolute atomic E-state index is 9.23. The van der Waals surface area contributed by atoms with Crippen LogP contribution in [0.4, 0.5) is 0 Å². The standard InChI is InChI=1S/C7H17NO/c1-3-5-6-7(8,9)4-2/h9H,3-6,8H2,1-2H3. The van der Waals surface area contributed by atoms with Gasteiger partial charge in [-0.2, -0.15) is 0 Å². The van der Waals surface area contributed by atoms with Crippen molar-refractivity contribution in [1.82, 2.24) is 0 Å². The summed E-state index contributed by atoms with van der Waals surface area (Å²) >= 11 is 0. The molecule has 0 amide bonds. The average molecular weight is 131 g/mol. The van der Waals surface area contributed by atoms with Crippen molar-refractivity contribution in [2.75, 3.05) is 0 Å². The number of unbranched alkanes of at least 4 members (excludes halogenated alkanes) is 1. The lowest BCUT2D eigenvalue weighted by molar-refractivity contribution is 0.0319. The summed E-state index contributed by atoms with van der Waals surface area (Å²) in [5.74, 6) is 0. The van der Waals surface area contributed by atoms with E-state index in [4.69, 9.17) is 5.73 Å². The summed E-state index contributed by atoms with van der Waals surface area (Å²) < 4.78 is 0. The molecule has 56 valence electrons. The SMILES string of the molecule is CCCCC(N)(O)CC. The van der Waals surface area contributed by atoms with E-state index in [0.717, 1.165) is 19.3 Å². The maximum Gasteiger partial charge on any atom is 0.113 e. The second-order valence-corrected chi connectivity index (χ2v) is 2.56. The van der Waals surface area contributed by atoms with Crippen molar-refractivity contribution in [3.05, 3.63) is 0 Å². The molecule has 2 nitrogen and oxygen atoms in total. The summed E-state index contributed by atoms with van der Waals surface area (Å²) in [4.78, 5) is 0. The van der Waals surface area contributed by atoms with Crippen LogP contribution in [-0.4, -0.2) is 10.8 Å². The van der Waals surface area contributed by atoms with Gasteiger partial charge in [0.05, 0.1) is 0 Å². The molecule has 0 saturated heterocycles. The van der Waals surface area contributed by atoms with Crippen LogP contribution in [0.1, 0.15) is 39.5 Å². The molecule has 0 fully saturated rings. The van der Waals surface area contributed by atoms with Crippen LogP contribution in [0.5, 0.6) is 0 Å². The molecule has 3 N–H and O–H groups in total. The number of rotatable bonds is 4. The molecule has 1 unspecified atom stereocenters. The topological polar surface area (TPSA) is 46.2 Å². The van der Waals surface area contributed by atoms with Crippen LogP contribution in [0.3, 0.4) is 0 Å². The predicted octanol–water partition coefficient (Wildman–Crippen LogP) is 1.23. The number of hydrogen-bond donors (Lipinski definition) is 2. The van der Waals surface area contributed by atoms with Crippen LogP contribution in [0, 0.1) is 0 Å². The molecule has 1 atom stereocenters. The zero-order chi connectivity index (χ0) is 7.33. The normalized spacial score (nSPS) is 17.3. The summed E-state index contributed by atoms with van der Waals surface area (Å²) in [6, 6.07) is 0. The molecule has 0 aromatic rings. The van der Waals surface area contributed by atoms with Gasteiger partial charge in [-0.1, -0.05) is 20.3 Å². The zero-order valence-corrected chi connectivity index (χ0v) is 6.35. The number of nitrogens with two attached hydrogens (primary N) is 1. The first-order chi connectivity index (χ1) is 4.12. The Morgan fingerprint density at radius 1 is 1.44 bits per heavy atom. The lowest BCUT2D eigenvalue weighted by Gasteiger charge is -2.20. The Balaban J connectivity index is 3.33. The molecular weight excluding hydrogens is 114 g/mol. The van der Waals surface area contributed by atoms with E-state index in [2.05, 4.69) is 6.92 Å². The van der Waals surface area contributed by atoms with Gasteiger partial charge in [0.2, 0.25) is 0 Å². The Labute approximate surface area is 57.1 Å². The van der Waals surface area contributed by atoms with E-state index in [1.54, 1.807) is 0 Å². The van der Waals surface area contributed by atoms with E-state index in [0.29, 0.717) is 6.42 Å². The number of hydrogen-bond acceptors (Lipinski definition) is 2. The summed E-state index contributed by atoms with van der Waals surface area (Å²) in [6.45, 7) is 3.99. The van der Waals surface area contributed by atoms with Crippen molar-refractivity contribution in [1.29, 1.82) is 0 Å². The molecule has 0 aliphatic carbocycles. The molecule has 0 aromatic carbocycles. The van der Waals surface area contributed by atoms with Gasteiger partial charge < -0.3 is 10.8 Å². The summed E-state index contributed by atoms with van der Waals surface area (Å²) in [6.07, 6.45) is 3.48. The molecule has 0 saturated carbocycles. The van der Waals surface area contributed by atoms with E-state index >= 15 is 0 Å². The molecule has 0 rings (SSSR count). The predicted molar refractivity (Wildman–Crippen MR) is 39.0 cm³/mol. The van der Waals surface area contributed by atoms with Gasteiger partial charge in [0.25, 0.3) is 0 Å². The van der Waals surface area contributed by atoms with Gasteiger partial charge in [0, 0.05) is 0 Å². The highest BCUT2D eigenvalue weighted by Gasteiger charge is 2.15. The quantitative estimate of drug-likeness (QED) is 0.564. The van der Waals surface area contributed by atoms with Gasteiger partial charge >= 0.3 is 0 Å². The molecule has 9 heavy (non-hydrogen) atoms. The Morgan fingerprint density at radius 3 is 2.33 bits per heavy atom. The zero-order valence-electron chi connectivity index (χ0n) is 6.35. The van der Waals surface area contributed by atoms with Gasteiger partial charge in [0.1, 0.15) is 5.72 Å². The van der Waals surface area contributed by atoms with Crippen molar-refractivity contribution in [2.24, 2.45) is 5.73 Å². The molecule has 0 bridgehead atoms. The Bertz CT molecular complexity index is 71.3. The van der Waals surface area contributed by atoms with Crippen LogP contribution in [-0.2, 0) is 0 Å². The van der Waals surface area contributed by atoms with Gasteiger partial charge in [-0.25, -0.2) is 0 Å². The van der Waals surface area contributed by atoms with E-state index in [9.17, 15) is 5.11 Å². The summed E-state index contributed by atoms with van der Waals surface area (Å²) in [5.41, 5.74) is 4.55. The fourth-order valence-corrected chi connectivity index (χ4v) is 0.660. The third kappa shape index (κ3) is 4.43. The minimum atomic E-state index is -0.907. The largest absolute Gasteiger partial charge is 0.376 e. The second kappa shape index (κ2) is 3.85. The first-order valence-corrected chi connectivity index (χ1v) is 3.63. The Morgan fingerprint density at radius 2 is 2.00 bits per heavy atom. The fraction of sp³-hybridized carbons (Fsp3) is 1.00. The molecule has 0 aromatic heterocycles. The third-order valence-corrected chi connectivity index (χ3v) is 1.58. The van der Waals surface area contributed by atoms with Crippen LogP contribution in [0.2, 0.25) is 0 Å². The molecule has 0 aliphatic heterocycles. The van der Waals surface area contributed by atoms with Gasteiger partial charge in [-0.15, -0.1) is 0 Å². The highest BCUT2D eigenvalue weighted by Crippen LogP contribution is 2.10. The third-order valence-electron chi connectivity index (χ3n) is 1.58. The molecule has 2 heteroatoms. The van der Waals surface area contributed by atoms with Crippen molar-refractivity contribution < 1.29 is 5.11 Å². The Kier molecular flexibility index (Phi) is 3.82. The van der Waals surface area contributed by atoms with E-state index in [-0.39, 0.29) is 0 Å². The van der Waals surface area contributed by atoms with Crippen LogP contribution < -0.4 is 5.73 Å². The Hall–Kier alpha value is -0.0800. The average Bonchev–Trinajstić information content (AvgIpc) is 1.84. The van der Waals surface area contributed by atoms with E-state index in [1.165, 1.54) is 0 Å². The minimum absolute atomic E-state index is 0.646. The number of aliphatic hydroxyl groups is 1. The maximum atomic E-state index is 9.23. The first-order valence-electron chi connectivity index (χ1n) is 3.63. The van der Waals surface area contributed by atoms with Crippen LogP contribution in [0.25, 0.3) is 0 Å². The summed E-state index contributed by atoms with van der Waals surface area (Å²) in [7, 11) is 0. The van der Waals surface area contributed by atoms with Crippen molar-refractivity contribution in [2.45, 2.75) is 45.3 Å². The van der Waals surface area contributed by atoms with Crippen LogP contribution >= 0.6 is 0 Å². The lowest BCUT2D eigenvalue weighted by Crippen LogP contribution is -2.38. The van der Waals surface area contributed by atoms with Crippen LogP contribution in [0.15, 0.2) is 0 Å². The minimum Gasteiger partial charge on any atom is -0.376 e. The fourth-order valence-electron chi connectivity index (χ4n) is 0.660. The highest BCUT2D eigenvalue weighted by atomic mass is 16.3. The van der Waals surface area contributed by atoms with Crippen molar-refractivity contribution in [3.63, 3.8) is 0 Å². The summed E-state index contributed by atoms with van der Waals surface area (Å²) in [5, 5.41) is 9.23. The first kappa shape index (κ1) is 8.92. The monoisotopic (exact) mass is 131 g/mol. The van der Waals surface area contributed by atoms with Crippen molar-refractivity contribution >= 4 is 0 Å². The molecule has 0 aliphatic rings. The molecule has 0 radical (unpaired) electrons. The second-order valence-electron chi connectivity index (χ2n) is 2.56. The molecular formula is C7H17NO. The van der Waals surface area contributed by atoms with Gasteiger partial charge in [-0.05, 0) is 19.3 Å². The van der Waals surface area contributed by atoms with E-state index in [1.807, 2.05) is 6.92 Å². The molecule has 0 spiro atoms. The lowest BCUT2D eigenvalue weighted by atomic mass is 10.1. The molecule has 0 heterocycles.